The van der Waals surface area contributed by atoms with E-state index in [1.165, 1.54) is 86.6 Å². The molecule has 0 aliphatic heterocycles. The standard InChI is InChI=1S/C31H33Cl2N3O5S2/c1-42(38,39)36(28-6-2-23(3-7-28)31-16-20-10-21(17-31)12-22(11-20)18-31)19-30(37)34-26-4-8-29(9-5-26)43(40,41)35-27-14-24(32)13-25(33)15-27/h2-9,13-15,20-22,35H,10-12,16-19H2,1H3,(H,34,37). The molecule has 4 fully saturated rings. The van der Waals surface area contributed by atoms with E-state index in [4.69, 9.17) is 23.2 Å². The SMILES string of the molecule is CS(=O)(=O)N(CC(=O)Nc1ccc(S(=O)(=O)Nc2cc(Cl)cc(Cl)c2)cc1)c1ccc(C23CC4CC(CC(C4)C2)C3)cc1. The quantitative estimate of drug-likeness (QED) is 0.266. The summed E-state index contributed by atoms with van der Waals surface area (Å²) in [6.07, 6.45) is 8.75. The Hall–Kier alpha value is -2.79. The second-order valence-corrected chi connectivity index (χ2v) is 16.8. The Morgan fingerprint density at radius 1 is 0.814 bits per heavy atom. The van der Waals surface area contributed by atoms with Crippen LogP contribution in [0.5, 0.6) is 0 Å². The van der Waals surface area contributed by atoms with Gasteiger partial charge in [0.25, 0.3) is 10.0 Å². The van der Waals surface area contributed by atoms with Crippen molar-refractivity contribution in [1.82, 2.24) is 0 Å². The maximum absolute atomic E-state index is 13.0. The van der Waals surface area contributed by atoms with E-state index in [1.807, 2.05) is 24.3 Å². The van der Waals surface area contributed by atoms with Gasteiger partial charge in [-0.1, -0.05) is 35.3 Å². The number of rotatable bonds is 9. The van der Waals surface area contributed by atoms with Crippen molar-refractivity contribution in [3.8, 4) is 0 Å². The van der Waals surface area contributed by atoms with Crippen LogP contribution in [0.4, 0.5) is 17.1 Å². The highest BCUT2D eigenvalue weighted by Crippen LogP contribution is 2.60. The van der Waals surface area contributed by atoms with Crippen LogP contribution in [0.3, 0.4) is 0 Å². The monoisotopic (exact) mass is 661 g/mol. The summed E-state index contributed by atoms with van der Waals surface area (Å²) in [6, 6.07) is 17.6. The van der Waals surface area contributed by atoms with Crippen LogP contribution in [0.15, 0.2) is 71.6 Å². The molecule has 43 heavy (non-hydrogen) atoms. The molecule has 8 nitrogen and oxygen atoms in total. The number of carbonyl (C=O) groups excluding carboxylic acids is 1. The average Bonchev–Trinajstić information content (AvgIpc) is 2.90. The van der Waals surface area contributed by atoms with Gasteiger partial charge in [0, 0.05) is 15.7 Å². The summed E-state index contributed by atoms with van der Waals surface area (Å²) in [7, 11) is -7.71. The molecule has 0 radical (unpaired) electrons. The third-order valence-electron chi connectivity index (χ3n) is 9.06. The van der Waals surface area contributed by atoms with Crippen LogP contribution in [0.1, 0.15) is 44.1 Å². The molecule has 0 saturated heterocycles. The highest BCUT2D eigenvalue weighted by atomic mass is 35.5. The summed E-state index contributed by atoms with van der Waals surface area (Å²) in [6.45, 7) is -0.424. The lowest BCUT2D eigenvalue weighted by atomic mass is 9.48. The number of hydrogen-bond acceptors (Lipinski definition) is 5. The van der Waals surface area contributed by atoms with Gasteiger partial charge in [0.05, 0.1) is 22.5 Å². The second kappa shape index (κ2) is 11.3. The minimum absolute atomic E-state index is 0.0431. The number of anilines is 3. The molecule has 4 bridgehead atoms. The lowest BCUT2D eigenvalue weighted by Gasteiger charge is -2.57. The first-order chi connectivity index (χ1) is 20.3. The Morgan fingerprint density at radius 2 is 1.35 bits per heavy atom. The Labute approximate surface area is 262 Å². The minimum atomic E-state index is -3.95. The molecular weight excluding hydrogens is 629 g/mol. The molecular formula is C31H33Cl2N3O5S2. The molecule has 3 aromatic rings. The van der Waals surface area contributed by atoms with Crippen LogP contribution in [-0.4, -0.2) is 35.5 Å². The summed E-state index contributed by atoms with van der Waals surface area (Å²) in [4.78, 5) is 12.9. The van der Waals surface area contributed by atoms with Gasteiger partial charge in [0.15, 0.2) is 0 Å². The maximum atomic E-state index is 13.0. The van der Waals surface area contributed by atoms with Crippen molar-refractivity contribution >= 4 is 66.2 Å². The molecule has 4 saturated carbocycles. The van der Waals surface area contributed by atoms with Crippen molar-refractivity contribution in [2.24, 2.45) is 17.8 Å². The molecule has 0 heterocycles. The zero-order valence-electron chi connectivity index (χ0n) is 23.6. The predicted molar refractivity (Wildman–Crippen MR) is 171 cm³/mol. The smallest absolute Gasteiger partial charge is 0.261 e. The van der Waals surface area contributed by atoms with Crippen molar-refractivity contribution in [2.45, 2.75) is 48.8 Å². The largest absolute Gasteiger partial charge is 0.325 e. The number of amides is 1. The minimum Gasteiger partial charge on any atom is -0.325 e. The van der Waals surface area contributed by atoms with Crippen molar-refractivity contribution in [1.29, 1.82) is 0 Å². The molecule has 4 aliphatic rings. The lowest BCUT2D eigenvalue weighted by Crippen LogP contribution is -2.48. The van der Waals surface area contributed by atoms with Crippen LogP contribution in [0.25, 0.3) is 0 Å². The highest BCUT2D eigenvalue weighted by Gasteiger charge is 2.51. The molecule has 0 atom stereocenters. The molecule has 1 amide bonds. The van der Waals surface area contributed by atoms with Crippen LogP contribution in [0.2, 0.25) is 10.0 Å². The second-order valence-electron chi connectivity index (χ2n) is 12.4. The number of halogens is 2. The number of benzene rings is 3. The maximum Gasteiger partial charge on any atom is 0.261 e. The number of carbonyl (C=O) groups is 1. The third-order valence-corrected chi connectivity index (χ3v) is 12.0. The Balaban J connectivity index is 1.13. The van der Waals surface area contributed by atoms with E-state index < -0.39 is 32.5 Å². The molecule has 7 rings (SSSR count). The van der Waals surface area contributed by atoms with E-state index in [0.717, 1.165) is 28.3 Å². The molecule has 0 aromatic heterocycles. The molecule has 4 aliphatic carbocycles. The Morgan fingerprint density at radius 3 is 1.86 bits per heavy atom. The van der Waals surface area contributed by atoms with Crippen molar-refractivity contribution in [3.05, 3.63) is 82.3 Å². The molecule has 228 valence electrons. The van der Waals surface area contributed by atoms with E-state index in [2.05, 4.69) is 10.0 Å². The first-order valence-electron chi connectivity index (χ1n) is 14.3. The first-order valence-corrected chi connectivity index (χ1v) is 18.3. The van der Waals surface area contributed by atoms with Crippen molar-refractivity contribution in [2.75, 3.05) is 27.1 Å². The van der Waals surface area contributed by atoms with Gasteiger partial charge in [0.1, 0.15) is 6.54 Å². The summed E-state index contributed by atoms with van der Waals surface area (Å²) >= 11 is 11.9. The summed E-state index contributed by atoms with van der Waals surface area (Å²) < 4.78 is 54.6. The normalized spacial score (nSPS) is 24.5. The van der Waals surface area contributed by atoms with Crippen LogP contribution in [-0.2, 0) is 30.3 Å². The lowest BCUT2D eigenvalue weighted by molar-refractivity contribution is -0.114. The highest BCUT2D eigenvalue weighted by molar-refractivity contribution is 7.92. The van der Waals surface area contributed by atoms with Gasteiger partial charge >= 0.3 is 0 Å². The molecule has 3 aromatic carbocycles. The molecule has 0 unspecified atom stereocenters. The summed E-state index contributed by atoms with van der Waals surface area (Å²) in [5.41, 5.74) is 2.43. The fourth-order valence-electron chi connectivity index (χ4n) is 7.72. The number of nitrogens with zero attached hydrogens (tertiary/aromatic N) is 1. The van der Waals surface area contributed by atoms with E-state index in [9.17, 15) is 21.6 Å². The van der Waals surface area contributed by atoms with Crippen LogP contribution in [0, 0.1) is 17.8 Å². The zero-order valence-corrected chi connectivity index (χ0v) is 26.7. The fourth-order valence-corrected chi connectivity index (χ4v) is 10.1. The van der Waals surface area contributed by atoms with Crippen LogP contribution >= 0.6 is 23.2 Å². The van der Waals surface area contributed by atoms with Crippen molar-refractivity contribution < 1.29 is 21.6 Å². The Kier molecular flexibility index (Phi) is 7.94. The van der Waals surface area contributed by atoms with Gasteiger partial charge in [-0.2, -0.15) is 0 Å². The van der Waals surface area contributed by atoms with Gasteiger partial charge in [-0.3, -0.25) is 13.8 Å². The topological polar surface area (TPSA) is 113 Å². The van der Waals surface area contributed by atoms with Gasteiger partial charge in [-0.25, -0.2) is 16.8 Å². The summed E-state index contributed by atoms with van der Waals surface area (Å²) in [5, 5.41) is 3.23. The predicted octanol–water partition coefficient (Wildman–Crippen LogP) is 6.67. The molecule has 12 heteroatoms. The van der Waals surface area contributed by atoms with E-state index in [0.29, 0.717) is 11.4 Å². The van der Waals surface area contributed by atoms with E-state index >= 15 is 0 Å². The average molecular weight is 663 g/mol. The Bertz CT molecular complexity index is 1710. The van der Waals surface area contributed by atoms with Gasteiger partial charge in [-0.15, -0.1) is 0 Å². The third kappa shape index (κ3) is 6.53. The van der Waals surface area contributed by atoms with Gasteiger partial charge < -0.3 is 5.32 Å². The number of nitrogens with one attached hydrogen (secondary N) is 2. The summed E-state index contributed by atoms with van der Waals surface area (Å²) in [5.74, 6) is 1.84. The van der Waals surface area contributed by atoms with Crippen LogP contribution < -0.4 is 14.3 Å². The molecule has 2 N–H and O–H groups in total. The van der Waals surface area contributed by atoms with E-state index in [-0.39, 0.29) is 26.0 Å². The number of hydrogen-bond donors (Lipinski definition) is 2. The van der Waals surface area contributed by atoms with Gasteiger partial charge in [-0.05, 0) is 122 Å². The zero-order chi connectivity index (χ0) is 30.6. The molecule has 0 spiro atoms. The van der Waals surface area contributed by atoms with Gasteiger partial charge in [0.2, 0.25) is 15.9 Å². The van der Waals surface area contributed by atoms with Crippen molar-refractivity contribution in [3.63, 3.8) is 0 Å². The first kappa shape index (κ1) is 30.2. The fraction of sp³-hybridized carbons (Fsp3) is 0.387. The van der Waals surface area contributed by atoms with E-state index in [1.54, 1.807) is 0 Å². The number of sulfonamides is 2.